The van der Waals surface area contributed by atoms with Gasteiger partial charge in [-0.1, -0.05) is 20.8 Å². The molecule has 2 aliphatic rings. The summed E-state index contributed by atoms with van der Waals surface area (Å²) < 4.78 is 0. The Kier molecular flexibility index (Phi) is 2.18. The minimum Gasteiger partial charge on any atom is -0.316 e. The fourth-order valence-electron chi connectivity index (χ4n) is 3.74. The van der Waals surface area contributed by atoms with Crippen LogP contribution in [-0.2, 0) is 0 Å². The number of hydrogen-bond acceptors (Lipinski definition) is 1. The van der Waals surface area contributed by atoms with Gasteiger partial charge in [0.25, 0.3) is 0 Å². The molecular weight excluding hydrogens is 158 g/mol. The molecule has 0 radical (unpaired) electrons. The Labute approximate surface area is 82.3 Å². The SMILES string of the molecule is CCNCC12CCC(CC1)C2(C)C. The molecular formula is C12H23N. The lowest BCUT2D eigenvalue weighted by atomic mass is 9.69. The van der Waals surface area contributed by atoms with Crippen molar-refractivity contribution < 1.29 is 0 Å². The molecule has 2 fully saturated rings. The number of fused-ring (bicyclic) bond motifs is 2. The highest BCUT2D eigenvalue weighted by atomic mass is 14.9. The molecule has 0 heterocycles. The van der Waals surface area contributed by atoms with Crippen molar-refractivity contribution in [1.29, 1.82) is 0 Å². The summed E-state index contributed by atoms with van der Waals surface area (Å²) in [5.74, 6) is 1.02. The maximum absolute atomic E-state index is 3.56. The molecule has 0 aromatic rings. The molecule has 2 bridgehead atoms. The zero-order valence-electron chi connectivity index (χ0n) is 9.32. The number of rotatable bonds is 3. The van der Waals surface area contributed by atoms with Crippen LogP contribution in [0.4, 0.5) is 0 Å². The minimum atomic E-state index is 0.606. The average Bonchev–Trinajstić information content (AvgIpc) is 2.50. The van der Waals surface area contributed by atoms with Crippen molar-refractivity contribution in [3.05, 3.63) is 0 Å². The summed E-state index contributed by atoms with van der Waals surface area (Å²) >= 11 is 0. The van der Waals surface area contributed by atoms with E-state index in [9.17, 15) is 0 Å². The molecule has 76 valence electrons. The van der Waals surface area contributed by atoms with Gasteiger partial charge in [-0.3, -0.25) is 0 Å². The smallest absolute Gasteiger partial charge is 0.00129 e. The summed E-state index contributed by atoms with van der Waals surface area (Å²) in [5.41, 5.74) is 1.25. The summed E-state index contributed by atoms with van der Waals surface area (Å²) in [7, 11) is 0. The minimum absolute atomic E-state index is 0.606. The van der Waals surface area contributed by atoms with E-state index in [2.05, 4.69) is 26.1 Å². The first-order valence-electron chi connectivity index (χ1n) is 5.83. The van der Waals surface area contributed by atoms with Crippen molar-refractivity contribution in [3.63, 3.8) is 0 Å². The Bertz CT molecular complexity index is 187. The largest absolute Gasteiger partial charge is 0.316 e. The van der Waals surface area contributed by atoms with Gasteiger partial charge >= 0.3 is 0 Å². The van der Waals surface area contributed by atoms with E-state index in [4.69, 9.17) is 0 Å². The van der Waals surface area contributed by atoms with Crippen molar-refractivity contribution >= 4 is 0 Å². The van der Waals surface area contributed by atoms with Crippen LogP contribution in [0.5, 0.6) is 0 Å². The fourth-order valence-corrected chi connectivity index (χ4v) is 3.74. The van der Waals surface area contributed by atoms with Gasteiger partial charge in [0.05, 0.1) is 0 Å². The predicted molar refractivity (Wildman–Crippen MR) is 56.7 cm³/mol. The van der Waals surface area contributed by atoms with Crippen molar-refractivity contribution in [2.45, 2.75) is 46.5 Å². The lowest BCUT2D eigenvalue weighted by Crippen LogP contribution is -2.39. The Morgan fingerprint density at radius 3 is 2.23 bits per heavy atom. The van der Waals surface area contributed by atoms with Crippen molar-refractivity contribution in [3.8, 4) is 0 Å². The third-order valence-corrected chi connectivity index (χ3v) is 5.04. The second-order valence-corrected chi connectivity index (χ2v) is 5.56. The Morgan fingerprint density at radius 1 is 1.23 bits per heavy atom. The van der Waals surface area contributed by atoms with Gasteiger partial charge in [0, 0.05) is 6.54 Å². The lowest BCUT2D eigenvalue weighted by Gasteiger charge is -2.38. The van der Waals surface area contributed by atoms with E-state index < -0.39 is 0 Å². The zero-order chi connectivity index (χ0) is 9.53. The van der Waals surface area contributed by atoms with Gasteiger partial charge in [-0.05, 0) is 49.0 Å². The van der Waals surface area contributed by atoms with E-state index in [0.717, 1.165) is 12.5 Å². The number of hydrogen-bond donors (Lipinski definition) is 1. The van der Waals surface area contributed by atoms with E-state index in [-0.39, 0.29) is 0 Å². The third kappa shape index (κ3) is 1.16. The maximum atomic E-state index is 3.56. The highest BCUT2D eigenvalue weighted by Gasteiger charge is 2.58. The van der Waals surface area contributed by atoms with Crippen LogP contribution < -0.4 is 5.32 Å². The van der Waals surface area contributed by atoms with E-state index in [1.165, 1.54) is 32.2 Å². The summed E-state index contributed by atoms with van der Waals surface area (Å²) in [4.78, 5) is 0. The van der Waals surface area contributed by atoms with Crippen LogP contribution in [0.2, 0.25) is 0 Å². The molecule has 0 aliphatic heterocycles. The molecule has 2 aliphatic carbocycles. The lowest BCUT2D eigenvalue weighted by molar-refractivity contribution is 0.126. The summed E-state index contributed by atoms with van der Waals surface area (Å²) in [6, 6.07) is 0. The van der Waals surface area contributed by atoms with Crippen LogP contribution in [0.1, 0.15) is 46.5 Å². The molecule has 0 saturated heterocycles. The summed E-state index contributed by atoms with van der Waals surface area (Å²) in [6.07, 6.45) is 5.91. The number of nitrogens with one attached hydrogen (secondary N) is 1. The molecule has 13 heavy (non-hydrogen) atoms. The first-order chi connectivity index (χ1) is 6.12. The van der Waals surface area contributed by atoms with Gasteiger partial charge < -0.3 is 5.32 Å². The monoisotopic (exact) mass is 181 g/mol. The normalized spacial score (nSPS) is 41.3. The van der Waals surface area contributed by atoms with Crippen molar-refractivity contribution in [2.75, 3.05) is 13.1 Å². The molecule has 0 amide bonds. The first-order valence-corrected chi connectivity index (χ1v) is 5.83. The van der Waals surface area contributed by atoms with E-state index in [1.54, 1.807) is 0 Å². The predicted octanol–water partition coefficient (Wildman–Crippen LogP) is 2.81. The summed E-state index contributed by atoms with van der Waals surface area (Å²) in [6.45, 7) is 9.59. The molecule has 1 nitrogen and oxygen atoms in total. The Hall–Kier alpha value is -0.0400. The maximum Gasteiger partial charge on any atom is 0.00129 e. The van der Waals surface area contributed by atoms with E-state index in [1.807, 2.05) is 0 Å². The van der Waals surface area contributed by atoms with E-state index >= 15 is 0 Å². The van der Waals surface area contributed by atoms with Gasteiger partial charge in [0.2, 0.25) is 0 Å². The molecule has 2 rings (SSSR count). The highest BCUT2D eigenvalue weighted by Crippen LogP contribution is 2.65. The van der Waals surface area contributed by atoms with Gasteiger partial charge in [-0.25, -0.2) is 0 Å². The molecule has 1 heteroatoms. The Morgan fingerprint density at radius 2 is 1.85 bits per heavy atom. The topological polar surface area (TPSA) is 12.0 Å². The fraction of sp³-hybridized carbons (Fsp3) is 1.00. The van der Waals surface area contributed by atoms with Crippen LogP contribution in [0.3, 0.4) is 0 Å². The molecule has 0 aromatic heterocycles. The first kappa shape index (κ1) is 9.51. The molecule has 1 N–H and O–H groups in total. The summed E-state index contributed by atoms with van der Waals surface area (Å²) in [5, 5.41) is 3.56. The second-order valence-electron chi connectivity index (χ2n) is 5.56. The second kappa shape index (κ2) is 2.98. The van der Waals surface area contributed by atoms with Crippen LogP contribution in [0.15, 0.2) is 0 Å². The highest BCUT2D eigenvalue weighted by molar-refractivity contribution is 5.08. The van der Waals surface area contributed by atoms with Gasteiger partial charge in [-0.2, -0.15) is 0 Å². The van der Waals surface area contributed by atoms with Crippen LogP contribution >= 0.6 is 0 Å². The van der Waals surface area contributed by atoms with Gasteiger partial charge in [-0.15, -0.1) is 0 Å². The van der Waals surface area contributed by atoms with Crippen LogP contribution in [-0.4, -0.2) is 13.1 Å². The molecule has 2 saturated carbocycles. The van der Waals surface area contributed by atoms with Crippen molar-refractivity contribution in [1.82, 2.24) is 5.32 Å². The standard InChI is InChI=1S/C12H23N/c1-4-13-9-12-7-5-10(6-8-12)11(12,2)3/h10,13H,4-9H2,1-3H3. The quantitative estimate of drug-likeness (QED) is 0.706. The molecule has 0 spiro atoms. The molecule has 0 unspecified atom stereocenters. The Balaban J connectivity index is 2.12. The third-order valence-electron chi connectivity index (χ3n) is 5.04. The van der Waals surface area contributed by atoms with Crippen LogP contribution in [0, 0.1) is 16.7 Å². The molecule has 0 aromatic carbocycles. The van der Waals surface area contributed by atoms with Gasteiger partial charge in [0.1, 0.15) is 0 Å². The zero-order valence-corrected chi connectivity index (χ0v) is 9.32. The van der Waals surface area contributed by atoms with E-state index in [0.29, 0.717) is 10.8 Å². The van der Waals surface area contributed by atoms with Gasteiger partial charge in [0.15, 0.2) is 0 Å². The van der Waals surface area contributed by atoms with Crippen LogP contribution in [0.25, 0.3) is 0 Å². The molecule has 0 atom stereocenters. The van der Waals surface area contributed by atoms with Crippen molar-refractivity contribution in [2.24, 2.45) is 16.7 Å². The average molecular weight is 181 g/mol.